The number of carbonyl (C=O) groups excluding carboxylic acids is 1. The zero-order valence-electron chi connectivity index (χ0n) is 11.5. The molecule has 1 N–H and O–H groups in total. The first-order valence-corrected chi connectivity index (χ1v) is 6.61. The van der Waals surface area contributed by atoms with Gasteiger partial charge in [-0.15, -0.1) is 0 Å². The van der Waals surface area contributed by atoms with E-state index in [1.54, 1.807) is 42.6 Å². The zero-order chi connectivity index (χ0) is 14.9. The van der Waals surface area contributed by atoms with E-state index >= 15 is 0 Å². The molecule has 0 saturated heterocycles. The number of benzene rings is 2. The topological polar surface area (TPSA) is 38.3 Å². The van der Waals surface area contributed by atoms with Crippen molar-refractivity contribution in [1.29, 1.82) is 0 Å². The van der Waals surface area contributed by atoms with Gasteiger partial charge in [-0.25, -0.2) is 4.39 Å². The number of rotatable bonds is 7. The fourth-order valence-corrected chi connectivity index (χ4v) is 1.72. The van der Waals surface area contributed by atoms with Crippen molar-refractivity contribution in [3.05, 3.63) is 72.4 Å². The molecular formula is C17H16FNO2. The second kappa shape index (κ2) is 7.85. The van der Waals surface area contributed by atoms with Gasteiger partial charge in [-0.3, -0.25) is 4.79 Å². The number of hydrogen-bond donors (Lipinski definition) is 1. The Kier molecular flexibility index (Phi) is 5.52. The largest absolute Gasteiger partial charge is 0.491 e. The van der Waals surface area contributed by atoms with Crippen LogP contribution in [0.25, 0.3) is 0 Å². The number of anilines is 1. The highest BCUT2D eigenvalue weighted by Crippen LogP contribution is 2.15. The van der Waals surface area contributed by atoms with Gasteiger partial charge in [-0.2, -0.15) is 0 Å². The number of nitrogens with one attached hydrogen (secondary N) is 1. The molecule has 0 aliphatic rings. The van der Waals surface area contributed by atoms with E-state index in [2.05, 4.69) is 5.32 Å². The molecule has 2 aromatic carbocycles. The van der Waals surface area contributed by atoms with Crippen molar-refractivity contribution in [3.8, 4) is 5.75 Å². The fourth-order valence-electron chi connectivity index (χ4n) is 1.72. The van der Waals surface area contributed by atoms with E-state index in [0.29, 0.717) is 11.3 Å². The molecule has 0 atom stereocenters. The molecule has 108 valence electrons. The average molecular weight is 284 g/mol. The molecule has 0 unspecified atom stereocenters. The van der Waals surface area contributed by atoms with Crippen LogP contribution in [0.3, 0.4) is 0 Å². The standard InChI is InChI=1S/C17H16FNO2/c18-11-13-21-16-8-6-15(7-9-16)19-12-10-17(20)14-4-2-1-3-5-14/h1-10,12,19H,11,13H2/i18-1. The monoisotopic (exact) mass is 284 g/mol. The lowest BCUT2D eigenvalue weighted by atomic mass is 10.1. The van der Waals surface area contributed by atoms with Gasteiger partial charge in [0.1, 0.15) is 19.0 Å². The highest BCUT2D eigenvalue weighted by molar-refractivity contribution is 6.04. The molecule has 2 aromatic rings. The molecule has 0 saturated carbocycles. The summed E-state index contributed by atoms with van der Waals surface area (Å²) < 4.78 is 17.1. The summed E-state index contributed by atoms with van der Waals surface area (Å²) >= 11 is 0. The Morgan fingerprint density at radius 3 is 2.48 bits per heavy atom. The van der Waals surface area contributed by atoms with E-state index in [1.165, 1.54) is 6.08 Å². The number of halogens is 1. The number of carbonyl (C=O) groups is 1. The first-order valence-electron chi connectivity index (χ1n) is 6.61. The Morgan fingerprint density at radius 1 is 1.10 bits per heavy atom. The Morgan fingerprint density at radius 2 is 1.81 bits per heavy atom. The molecule has 0 aliphatic carbocycles. The summed E-state index contributed by atoms with van der Waals surface area (Å²) in [5, 5.41) is 3.00. The van der Waals surface area contributed by atoms with Crippen molar-refractivity contribution in [3.63, 3.8) is 0 Å². The molecule has 21 heavy (non-hydrogen) atoms. The maximum absolute atomic E-state index is 12.0. The number of hydrogen-bond acceptors (Lipinski definition) is 3. The zero-order valence-corrected chi connectivity index (χ0v) is 11.5. The van der Waals surface area contributed by atoms with Gasteiger partial charge in [0, 0.05) is 23.5 Å². The van der Waals surface area contributed by atoms with E-state index in [1.807, 2.05) is 18.2 Å². The third-order valence-electron chi connectivity index (χ3n) is 2.74. The Labute approximate surface area is 123 Å². The van der Waals surface area contributed by atoms with Crippen LogP contribution in [-0.2, 0) is 0 Å². The Bertz CT molecular complexity index is 594. The SMILES string of the molecule is O=C(C=CNc1ccc(OCC[18F])cc1)c1ccccc1. The van der Waals surface area contributed by atoms with Crippen LogP contribution in [0.2, 0.25) is 0 Å². The van der Waals surface area contributed by atoms with Crippen LogP contribution in [0, 0.1) is 0 Å². The van der Waals surface area contributed by atoms with Crippen molar-refractivity contribution >= 4 is 11.5 Å². The molecule has 3 nitrogen and oxygen atoms in total. The van der Waals surface area contributed by atoms with Gasteiger partial charge in [-0.05, 0) is 24.3 Å². The minimum Gasteiger partial charge on any atom is -0.491 e. The second-order valence-corrected chi connectivity index (χ2v) is 4.27. The first-order chi connectivity index (χ1) is 10.3. The average Bonchev–Trinajstić information content (AvgIpc) is 2.55. The minimum absolute atomic E-state index is 0.0538. The number of ether oxygens (including phenoxy) is 1. The van der Waals surface area contributed by atoms with Crippen molar-refractivity contribution < 1.29 is 13.9 Å². The van der Waals surface area contributed by atoms with Crippen LogP contribution >= 0.6 is 0 Å². The normalized spacial score (nSPS) is 10.5. The van der Waals surface area contributed by atoms with Crippen LogP contribution < -0.4 is 10.1 Å². The van der Waals surface area contributed by atoms with E-state index in [4.69, 9.17) is 4.74 Å². The van der Waals surface area contributed by atoms with Crippen molar-refractivity contribution in [2.45, 2.75) is 0 Å². The molecule has 0 spiro atoms. The molecular weight excluding hydrogens is 268 g/mol. The van der Waals surface area contributed by atoms with Gasteiger partial charge >= 0.3 is 0 Å². The van der Waals surface area contributed by atoms with E-state index in [-0.39, 0.29) is 12.4 Å². The molecule has 0 bridgehead atoms. The highest BCUT2D eigenvalue weighted by atomic mass is 18.2. The molecule has 0 amide bonds. The molecule has 0 aromatic heterocycles. The van der Waals surface area contributed by atoms with Crippen molar-refractivity contribution in [1.82, 2.24) is 0 Å². The highest BCUT2D eigenvalue weighted by Gasteiger charge is 1.99. The first kappa shape index (κ1) is 14.8. The van der Waals surface area contributed by atoms with Gasteiger partial charge in [0.15, 0.2) is 5.78 Å². The summed E-state index contributed by atoms with van der Waals surface area (Å²) in [5.74, 6) is 0.550. The van der Waals surface area contributed by atoms with Crippen LogP contribution in [0.4, 0.5) is 10.1 Å². The lowest BCUT2D eigenvalue weighted by Crippen LogP contribution is -1.98. The van der Waals surface area contributed by atoms with Gasteiger partial charge in [-0.1, -0.05) is 30.3 Å². The van der Waals surface area contributed by atoms with Crippen LogP contribution in [0.5, 0.6) is 5.75 Å². The fraction of sp³-hybridized carbons (Fsp3) is 0.118. The third kappa shape index (κ3) is 4.76. The smallest absolute Gasteiger partial charge is 0.187 e. The molecule has 2 rings (SSSR count). The predicted molar refractivity (Wildman–Crippen MR) is 81.4 cm³/mol. The van der Waals surface area contributed by atoms with Crippen molar-refractivity contribution in [2.75, 3.05) is 18.6 Å². The third-order valence-corrected chi connectivity index (χ3v) is 2.74. The maximum atomic E-state index is 12.0. The maximum Gasteiger partial charge on any atom is 0.187 e. The molecule has 0 aliphatic heterocycles. The lowest BCUT2D eigenvalue weighted by molar-refractivity contribution is 0.104. The summed E-state index contributed by atoms with van der Waals surface area (Å²) in [7, 11) is 0. The van der Waals surface area contributed by atoms with Gasteiger partial charge in [0.05, 0.1) is 0 Å². The number of ketones is 1. The summed E-state index contributed by atoms with van der Waals surface area (Å²) in [5.41, 5.74) is 1.46. The molecule has 0 radical (unpaired) electrons. The molecule has 4 heteroatoms. The Balaban J connectivity index is 1.88. The molecule has 0 heterocycles. The van der Waals surface area contributed by atoms with Gasteiger partial charge < -0.3 is 10.1 Å². The van der Waals surface area contributed by atoms with Gasteiger partial charge in [0.25, 0.3) is 0 Å². The van der Waals surface area contributed by atoms with E-state index in [9.17, 15) is 9.18 Å². The van der Waals surface area contributed by atoms with Crippen molar-refractivity contribution in [2.24, 2.45) is 0 Å². The minimum atomic E-state index is -0.510. The summed E-state index contributed by atoms with van der Waals surface area (Å²) in [6.45, 7) is -0.456. The van der Waals surface area contributed by atoms with Crippen LogP contribution in [0.1, 0.15) is 10.4 Å². The predicted octanol–water partition coefficient (Wildman–Crippen LogP) is 3.84. The molecule has 0 fully saturated rings. The lowest BCUT2D eigenvalue weighted by Gasteiger charge is -2.05. The second-order valence-electron chi connectivity index (χ2n) is 4.27. The van der Waals surface area contributed by atoms with E-state index in [0.717, 1.165) is 5.69 Å². The summed E-state index contributed by atoms with van der Waals surface area (Å²) in [6, 6.07) is 16.1. The van der Waals surface area contributed by atoms with Crippen LogP contribution in [0.15, 0.2) is 66.9 Å². The Hall–Kier alpha value is -2.62. The summed E-state index contributed by atoms with van der Waals surface area (Å²) in [6.07, 6.45) is 3.07. The van der Waals surface area contributed by atoms with Gasteiger partial charge in [0.2, 0.25) is 0 Å². The van der Waals surface area contributed by atoms with E-state index < -0.39 is 6.67 Å². The van der Waals surface area contributed by atoms with Crippen LogP contribution in [-0.4, -0.2) is 19.1 Å². The number of alkyl halides is 1. The summed E-state index contributed by atoms with van der Waals surface area (Å²) in [4.78, 5) is 11.8. The quantitative estimate of drug-likeness (QED) is 0.620. The number of allylic oxidation sites excluding steroid dienone is 1.